The van der Waals surface area contributed by atoms with E-state index in [0.29, 0.717) is 13.0 Å². The average molecular weight is 250 g/mol. The van der Waals surface area contributed by atoms with Crippen LogP contribution in [-0.2, 0) is 9.59 Å². The number of rotatable bonds is 3. The highest BCUT2D eigenvalue weighted by atomic mass is 79.9. The molecule has 1 saturated heterocycles. The van der Waals surface area contributed by atoms with E-state index in [9.17, 15) is 9.59 Å². The number of nitrogens with one attached hydrogen (secondary N) is 2. The first kappa shape index (κ1) is 10.5. The first-order valence-corrected chi connectivity index (χ1v) is 4.88. The summed E-state index contributed by atoms with van der Waals surface area (Å²) in [5.74, 6) is -0.405. The van der Waals surface area contributed by atoms with Crippen LogP contribution in [0.5, 0.6) is 0 Å². The van der Waals surface area contributed by atoms with Crippen molar-refractivity contribution in [3.8, 4) is 0 Å². The molecule has 1 fully saturated rings. The number of carbonyl (C=O) groups excluding carboxylic acids is 2. The van der Waals surface area contributed by atoms with Crippen LogP contribution >= 0.6 is 16.1 Å². The summed E-state index contributed by atoms with van der Waals surface area (Å²) in [6.45, 7) is 0.687. The normalized spacial score (nSPS) is 23.8. The van der Waals surface area contributed by atoms with Gasteiger partial charge in [-0.3, -0.25) is 13.9 Å². The van der Waals surface area contributed by atoms with Crippen molar-refractivity contribution in [1.29, 1.82) is 0 Å². The van der Waals surface area contributed by atoms with E-state index in [1.807, 2.05) is 0 Å². The molecule has 0 aromatic rings. The van der Waals surface area contributed by atoms with Crippen molar-refractivity contribution in [1.82, 2.24) is 9.66 Å². The first-order valence-electron chi connectivity index (χ1n) is 4.09. The highest BCUT2D eigenvalue weighted by Crippen LogP contribution is 2.15. The number of hydrogen-bond acceptors (Lipinski definition) is 3. The Morgan fingerprint density at radius 3 is 3.00 bits per heavy atom. The van der Waals surface area contributed by atoms with Gasteiger partial charge in [-0.2, -0.15) is 0 Å². The molecule has 0 radical (unpaired) electrons. The van der Waals surface area contributed by atoms with Crippen molar-refractivity contribution in [3.05, 3.63) is 0 Å². The summed E-state index contributed by atoms with van der Waals surface area (Å²) in [6.07, 6.45) is 1.17. The second-order valence-electron chi connectivity index (χ2n) is 3.08. The van der Waals surface area contributed by atoms with Crippen LogP contribution in [0.4, 0.5) is 0 Å². The van der Waals surface area contributed by atoms with Crippen LogP contribution in [0.1, 0.15) is 12.8 Å². The molecule has 1 aliphatic heterocycles. The summed E-state index contributed by atoms with van der Waals surface area (Å²) >= 11 is 2.80. The highest BCUT2D eigenvalue weighted by Gasteiger charge is 2.28. The standard InChI is InChI=1S/C7H12BrN3O2/c8-11-7(13)5(9)3-4-1-2-10-6(4)12/h4-5H,1-3,9H2,(H,10,12)(H,11,13)/t4-,5-/m0/s1. The van der Waals surface area contributed by atoms with Crippen LogP contribution < -0.4 is 15.4 Å². The number of carbonyl (C=O) groups is 2. The van der Waals surface area contributed by atoms with Gasteiger partial charge in [-0.25, -0.2) is 0 Å². The van der Waals surface area contributed by atoms with E-state index in [-0.39, 0.29) is 17.7 Å². The zero-order valence-electron chi connectivity index (χ0n) is 7.05. The van der Waals surface area contributed by atoms with E-state index < -0.39 is 6.04 Å². The van der Waals surface area contributed by atoms with Crippen LogP contribution in [0.3, 0.4) is 0 Å². The van der Waals surface area contributed by atoms with Crippen molar-refractivity contribution < 1.29 is 9.59 Å². The Kier molecular flexibility index (Phi) is 3.68. The van der Waals surface area contributed by atoms with Gasteiger partial charge in [0.25, 0.3) is 0 Å². The fourth-order valence-electron chi connectivity index (χ4n) is 1.35. The van der Waals surface area contributed by atoms with Gasteiger partial charge >= 0.3 is 0 Å². The largest absolute Gasteiger partial charge is 0.356 e. The SMILES string of the molecule is N[C@@H](C[C@@H]1CCNC1=O)C(=O)NBr. The van der Waals surface area contributed by atoms with E-state index in [0.717, 1.165) is 6.42 Å². The molecule has 2 amide bonds. The quantitative estimate of drug-likeness (QED) is 0.577. The third kappa shape index (κ3) is 2.67. The lowest BCUT2D eigenvalue weighted by Crippen LogP contribution is -2.39. The average Bonchev–Trinajstić information content (AvgIpc) is 2.50. The van der Waals surface area contributed by atoms with Crippen LogP contribution in [0.2, 0.25) is 0 Å². The monoisotopic (exact) mass is 249 g/mol. The predicted octanol–water partition coefficient (Wildman–Crippen LogP) is -0.734. The number of halogens is 1. The molecule has 2 atom stereocenters. The maximum absolute atomic E-state index is 11.1. The van der Waals surface area contributed by atoms with Gasteiger partial charge in [-0.05, 0) is 12.8 Å². The first-order chi connectivity index (χ1) is 6.15. The fraction of sp³-hybridized carbons (Fsp3) is 0.714. The number of hydrogen-bond donors (Lipinski definition) is 3. The molecular formula is C7H12BrN3O2. The smallest absolute Gasteiger partial charge is 0.246 e. The molecule has 6 heteroatoms. The molecular weight excluding hydrogens is 238 g/mol. The fourth-order valence-corrected chi connectivity index (χ4v) is 1.65. The molecule has 0 aliphatic carbocycles. The zero-order chi connectivity index (χ0) is 9.84. The van der Waals surface area contributed by atoms with Gasteiger partial charge in [-0.1, -0.05) is 0 Å². The number of amides is 2. The van der Waals surface area contributed by atoms with Crippen molar-refractivity contribution in [2.45, 2.75) is 18.9 Å². The minimum atomic E-state index is -0.617. The summed E-state index contributed by atoms with van der Waals surface area (Å²) in [7, 11) is 0. The van der Waals surface area contributed by atoms with Crippen LogP contribution in [0.25, 0.3) is 0 Å². The molecule has 5 nitrogen and oxygen atoms in total. The molecule has 0 spiro atoms. The molecule has 0 aromatic carbocycles. The van der Waals surface area contributed by atoms with Crippen LogP contribution in [-0.4, -0.2) is 24.4 Å². The molecule has 1 heterocycles. The van der Waals surface area contributed by atoms with Gasteiger partial charge in [0, 0.05) is 28.6 Å². The van der Waals surface area contributed by atoms with E-state index in [4.69, 9.17) is 5.73 Å². The second-order valence-corrected chi connectivity index (χ2v) is 3.47. The minimum absolute atomic E-state index is 0.00202. The maximum Gasteiger partial charge on any atom is 0.246 e. The minimum Gasteiger partial charge on any atom is -0.356 e. The second kappa shape index (κ2) is 4.57. The Hall–Kier alpha value is -0.620. The molecule has 0 bridgehead atoms. The molecule has 4 N–H and O–H groups in total. The van der Waals surface area contributed by atoms with Crippen molar-refractivity contribution in [2.75, 3.05) is 6.54 Å². The predicted molar refractivity (Wildman–Crippen MR) is 50.8 cm³/mol. The zero-order valence-corrected chi connectivity index (χ0v) is 8.63. The molecule has 0 unspecified atom stereocenters. The van der Waals surface area contributed by atoms with Crippen molar-refractivity contribution in [3.63, 3.8) is 0 Å². The van der Waals surface area contributed by atoms with Crippen LogP contribution in [0, 0.1) is 5.92 Å². The molecule has 74 valence electrons. The lowest BCUT2D eigenvalue weighted by molar-refractivity contribution is -0.123. The molecule has 1 rings (SSSR count). The number of nitrogens with two attached hydrogens (primary N) is 1. The van der Waals surface area contributed by atoms with Gasteiger partial charge in [0.2, 0.25) is 11.8 Å². The summed E-state index contributed by atoms with van der Waals surface area (Å²) in [5.41, 5.74) is 5.55. The lowest BCUT2D eigenvalue weighted by atomic mass is 9.99. The Morgan fingerprint density at radius 1 is 1.85 bits per heavy atom. The van der Waals surface area contributed by atoms with Gasteiger partial charge in [-0.15, -0.1) is 0 Å². The van der Waals surface area contributed by atoms with E-state index in [1.165, 1.54) is 0 Å². The molecule has 0 aromatic heterocycles. The Labute approximate surface area is 84.8 Å². The summed E-state index contributed by atoms with van der Waals surface area (Å²) in [5, 5.41) is 2.69. The van der Waals surface area contributed by atoms with Crippen molar-refractivity contribution >= 4 is 28.0 Å². The highest BCUT2D eigenvalue weighted by molar-refractivity contribution is 9.08. The van der Waals surface area contributed by atoms with Gasteiger partial charge < -0.3 is 11.1 Å². The van der Waals surface area contributed by atoms with Gasteiger partial charge in [0.1, 0.15) is 0 Å². The van der Waals surface area contributed by atoms with Gasteiger partial charge in [0.05, 0.1) is 6.04 Å². The Morgan fingerprint density at radius 2 is 2.54 bits per heavy atom. The summed E-state index contributed by atoms with van der Waals surface area (Å²) in [6, 6.07) is -0.617. The van der Waals surface area contributed by atoms with E-state index in [2.05, 4.69) is 25.8 Å². The third-order valence-electron chi connectivity index (χ3n) is 2.13. The Balaban J connectivity index is 2.39. The molecule has 0 saturated carbocycles. The third-order valence-corrected chi connectivity index (χ3v) is 2.52. The van der Waals surface area contributed by atoms with Crippen LogP contribution in [0.15, 0.2) is 0 Å². The maximum atomic E-state index is 11.1. The Bertz CT molecular complexity index is 222. The summed E-state index contributed by atoms with van der Waals surface area (Å²) < 4.78 is 2.27. The van der Waals surface area contributed by atoms with Gasteiger partial charge in [0.15, 0.2) is 0 Å². The van der Waals surface area contributed by atoms with Crippen molar-refractivity contribution in [2.24, 2.45) is 11.7 Å². The van der Waals surface area contributed by atoms with E-state index in [1.54, 1.807) is 0 Å². The molecule has 1 aliphatic rings. The van der Waals surface area contributed by atoms with E-state index >= 15 is 0 Å². The lowest BCUT2D eigenvalue weighted by Gasteiger charge is -2.11. The summed E-state index contributed by atoms with van der Waals surface area (Å²) in [4.78, 5) is 22.1. The molecule has 13 heavy (non-hydrogen) atoms. The topological polar surface area (TPSA) is 84.2 Å².